The zero-order valence-corrected chi connectivity index (χ0v) is 11.3. The van der Waals surface area contributed by atoms with Crippen LogP contribution in [-0.4, -0.2) is 13.4 Å². The number of anilines is 1. The fraction of sp³-hybridized carbons (Fsp3) is 0.154. The molecule has 0 atom stereocenters. The first-order valence-electron chi connectivity index (χ1n) is 5.73. The summed E-state index contributed by atoms with van der Waals surface area (Å²) in [6.07, 6.45) is 1.74. The zero-order valence-electron chi connectivity index (χ0n) is 10.5. The molecule has 5 nitrogen and oxygen atoms in total. The maximum absolute atomic E-state index is 11.1. The molecule has 0 unspecified atom stereocenters. The van der Waals surface area contributed by atoms with Crippen LogP contribution in [0.25, 0.3) is 0 Å². The van der Waals surface area contributed by atoms with Crippen LogP contribution in [0.3, 0.4) is 0 Å². The van der Waals surface area contributed by atoms with Gasteiger partial charge in [-0.15, -0.1) is 0 Å². The number of primary sulfonamides is 1. The lowest BCUT2D eigenvalue weighted by atomic mass is 10.2. The van der Waals surface area contributed by atoms with Gasteiger partial charge in [0.15, 0.2) is 0 Å². The number of pyridine rings is 1. The van der Waals surface area contributed by atoms with Gasteiger partial charge in [-0.05, 0) is 36.8 Å². The fourth-order valence-corrected chi connectivity index (χ4v) is 2.17. The quantitative estimate of drug-likeness (QED) is 0.889. The van der Waals surface area contributed by atoms with Crippen molar-refractivity contribution in [2.75, 3.05) is 5.32 Å². The van der Waals surface area contributed by atoms with Gasteiger partial charge in [-0.3, -0.25) is 4.98 Å². The Kier molecular flexibility index (Phi) is 3.82. The van der Waals surface area contributed by atoms with Gasteiger partial charge in [0.25, 0.3) is 0 Å². The summed E-state index contributed by atoms with van der Waals surface area (Å²) in [6.45, 7) is 2.53. The summed E-state index contributed by atoms with van der Waals surface area (Å²) < 4.78 is 22.2. The predicted octanol–water partition coefficient (Wildman–Crippen LogP) is 1.65. The van der Waals surface area contributed by atoms with E-state index in [-0.39, 0.29) is 4.90 Å². The number of hydrogen-bond acceptors (Lipinski definition) is 4. The minimum absolute atomic E-state index is 0.121. The molecule has 0 bridgehead atoms. The number of benzene rings is 1. The highest BCUT2D eigenvalue weighted by Gasteiger charge is 2.06. The summed E-state index contributed by atoms with van der Waals surface area (Å²) in [7, 11) is -3.62. The van der Waals surface area contributed by atoms with E-state index in [1.54, 1.807) is 18.3 Å². The SMILES string of the molecule is Cc1cc(NCc2ccc(S(N)(=O)=O)cc2)ccn1. The zero-order chi connectivity index (χ0) is 13.9. The molecule has 1 aromatic heterocycles. The topological polar surface area (TPSA) is 85.1 Å². The number of aromatic nitrogens is 1. The van der Waals surface area contributed by atoms with Gasteiger partial charge in [-0.1, -0.05) is 12.1 Å². The number of nitrogens with one attached hydrogen (secondary N) is 1. The summed E-state index contributed by atoms with van der Waals surface area (Å²) in [4.78, 5) is 4.23. The molecule has 19 heavy (non-hydrogen) atoms. The maximum atomic E-state index is 11.1. The number of nitrogens with zero attached hydrogens (tertiary/aromatic N) is 1. The minimum Gasteiger partial charge on any atom is -0.381 e. The Morgan fingerprint density at radius 3 is 2.47 bits per heavy atom. The number of aryl methyl sites for hydroxylation is 1. The highest BCUT2D eigenvalue weighted by molar-refractivity contribution is 7.89. The normalized spacial score (nSPS) is 11.3. The number of hydrogen-bond donors (Lipinski definition) is 2. The molecule has 2 rings (SSSR count). The Hall–Kier alpha value is -1.92. The molecule has 100 valence electrons. The smallest absolute Gasteiger partial charge is 0.238 e. The molecular formula is C13H15N3O2S. The molecule has 1 aromatic carbocycles. The molecule has 0 spiro atoms. The van der Waals surface area contributed by atoms with Crippen molar-refractivity contribution in [1.29, 1.82) is 0 Å². The maximum Gasteiger partial charge on any atom is 0.238 e. The van der Waals surface area contributed by atoms with Crippen LogP contribution in [0.2, 0.25) is 0 Å². The van der Waals surface area contributed by atoms with Crippen molar-refractivity contribution in [3.05, 3.63) is 53.9 Å². The average molecular weight is 277 g/mol. The van der Waals surface area contributed by atoms with Crippen molar-refractivity contribution in [3.63, 3.8) is 0 Å². The van der Waals surface area contributed by atoms with Crippen molar-refractivity contribution in [2.45, 2.75) is 18.4 Å². The summed E-state index contributed by atoms with van der Waals surface area (Å²) >= 11 is 0. The Bertz CT molecular complexity index is 667. The third-order valence-electron chi connectivity index (χ3n) is 2.65. The molecule has 0 aliphatic rings. The van der Waals surface area contributed by atoms with Gasteiger partial charge in [-0.2, -0.15) is 0 Å². The second-order valence-corrected chi connectivity index (χ2v) is 5.79. The molecule has 2 aromatic rings. The third-order valence-corrected chi connectivity index (χ3v) is 3.57. The van der Waals surface area contributed by atoms with E-state index in [0.717, 1.165) is 16.9 Å². The van der Waals surface area contributed by atoms with Gasteiger partial charge in [0.1, 0.15) is 0 Å². The molecule has 6 heteroatoms. The molecule has 0 aliphatic carbocycles. The van der Waals surface area contributed by atoms with Crippen LogP contribution in [0.5, 0.6) is 0 Å². The largest absolute Gasteiger partial charge is 0.381 e. The van der Waals surface area contributed by atoms with Crippen LogP contribution in [0.4, 0.5) is 5.69 Å². The molecule has 0 saturated heterocycles. The standard InChI is InChI=1S/C13H15N3O2S/c1-10-8-12(6-7-15-10)16-9-11-2-4-13(5-3-11)19(14,17)18/h2-8H,9H2,1H3,(H,15,16)(H2,14,17,18). The van der Waals surface area contributed by atoms with Crippen LogP contribution < -0.4 is 10.5 Å². The summed E-state index contributed by atoms with van der Waals surface area (Å²) in [5.74, 6) is 0. The van der Waals surface area contributed by atoms with Crippen molar-refractivity contribution in [3.8, 4) is 0 Å². The van der Waals surface area contributed by atoms with Crippen LogP contribution in [-0.2, 0) is 16.6 Å². The first-order chi connectivity index (χ1) is 8.95. The van der Waals surface area contributed by atoms with E-state index >= 15 is 0 Å². The predicted molar refractivity (Wildman–Crippen MR) is 74.1 cm³/mol. The second-order valence-electron chi connectivity index (χ2n) is 4.23. The van der Waals surface area contributed by atoms with E-state index in [1.807, 2.05) is 19.1 Å². The highest BCUT2D eigenvalue weighted by Crippen LogP contribution is 2.12. The van der Waals surface area contributed by atoms with Crippen molar-refractivity contribution >= 4 is 15.7 Å². The van der Waals surface area contributed by atoms with Gasteiger partial charge >= 0.3 is 0 Å². The summed E-state index contributed by atoms with van der Waals surface area (Å²) in [6, 6.07) is 10.3. The van der Waals surface area contributed by atoms with Gasteiger partial charge < -0.3 is 5.32 Å². The van der Waals surface area contributed by atoms with Gasteiger partial charge in [0.05, 0.1) is 4.90 Å². The van der Waals surface area contributed by atoms with E-state index in [1.165, 1.54) is 12.1 Å². The van der Waals surface area contributed by atoms with Crippen molar-refractivity contribution < 1.29 is 8.42 Å². The van der Waals surface area contributed by atoms with Gasteiger partial charge in [-0.25, -0.2) is 13.6 Å². The Balaban J connectivity index is 2.05. The van der Waals surface area contributed by atoms with Crippen LogP contribution in [0.15, 0.2) is 47.5 Å². The van der Waals surface area contributed by atoms with Crippen LogP contribution >= 0.6 is 0 Å². The molecule has 0 aliphatic heterocycles. The van der Waals surface area contributed by atoms with Crippen LogP contribution in [0, 0.1) is 6.92 Å². The Morgan fingerprint density at radius 2 is 1.89 bits per heavy atom. The lowest BCUT2D eigenvalue weighted by Crippen LogP contribution is -2.12. The lowest BCUT2D eigenvalue weighted by molar-refractivity contribution is 0.598. The van der Waals surface area contributed by atoms with Crippen LogP contribution in [0.1, 0.15) is 11.3 Å². The molecule has 0 fully saturated rings. The van der Waals surface area contributed by atoms with Gasteiger partial charge in [0, 0.05) is 24.1 Å². The lowest BCUT2D eigenvalue weighted by Gasteiger charge is -2.07. The number of sulfonamides is 1. The molecule has 0 saturated carbocycles. The van der Waals surface area contributed by atoms with Gasteiger partial charge in [0.2, 0.25) is 10.0 Å². The number of rotatable bonds is 4. The molecular weight excluding hydrogens is 262 g/mol. The fourth-order valence-electron chi connectivity index (χ4n) is 1.66. The monoisotopic (exact) mass is 277 g/mol. The first kappa shape index (κ1) is 13.5. The Labute approximate surface area is 112 Å². The summed E-state index contributed by atoms with van der Waals surface area (Å²) in [5.41, 5.74) is 2.89. The average Bonchev–Trinajstić information content (AvgIpc) is 2.36. The number of nitrogens with two attached hydrogens (primary N) is 1. The van der Waals surface area contributed by atoms with Crippen molar-refractivity contribution in [1.82, 2.24) is 4.98 Å². The molecule has 0 amide bonds. The Morgan fingerprint density at radius 1 is 1.21 bits per heavy atom. The second kappa shape index (κ2) is 5.38. The molecule has 3 N–H and O–H groups in total. The molecule has 1 heterocycles. The minimum atomic E-state index is -3.62. The molecule has 0 radical (unpaired) electrons. The van der Waals surface area contributed by atoms with E-state index in [2.05, 4.69) is 10.3 Å². The van der Waals surface area contributed by atoms with Crippen molar-refractivity contribution in [2.24, 2.45) is 5.14 Å². The van der Waals surface area contributed by atoms with E-state index in [9.17, 15) is 8.42 Å². The highest BCUT2D eigenvalue weighted by atomic mass is 32.2. The van der Waals surface area contributed by atoms with E-state index < -0.39 is 10.0 Å². The van der Waals surface area contributed by atoms with E-state index in [0.29, 0.717) is 6.54 Å². The summed E-state index contributed by atoms with van der Waals surface area (Å²) in [5, 5.41) is 8.28. The first-order valence-corrected chi connectivity index (χ1v) is 7.28. The third kappa shape index (κ3) is 3.77. The van der Waals surface area contributed by atoms with E-state index in [4.69, 9.17) is 5.14 Å².